The summed E-state index contributed by atoms with van der Waals surface area (Å²) >= 11 is 1.29. The molecule has 9 heteroatoms. The van der Waals surface area contributed by atoms with E-state index in [2.05, 4.69) is 15.6 Å². The molecule has 1 heterocycles. The van der Waals surface area contributed by atoms with E-state index in [-0.39, 0.29) is 22.2 Å². The fourth-order valence-corrected chi connectivity index (χ4v) is 8.09. The van der Waals surface area contributed by atoms with Gasteiger partial charge >= 0.3 is 0 Å². The van der Waals surface area contributed by atoms with Crippen LogP contribution in [0.1, 0.15) is 45.4 Å². The van der Waals surface area contributed by atoms with Gasteiger partial charge in [-0.15, -0.1) is 0 Å². The number of rotatable bonds is 4. The van der Waals surface area contributed by atoms with Crippen molar-refractivity contribution >= 4 is 48.3 Å². The van der Waals surface area contributed by atoms with Gasteiger partial charge in [0.05, 0.1) is 20.5 Å². The van der Waals surface area contributed by atoms with Crippen LogP contribution < -0.4 is 10.6 Å². The van der Waals surface area contributed by atoms with Gasteiger partial charge in [-0.05, 0) is 68.6 Å². The van der Waals surface area contributed by atoms with Crippen molar-refractivity contribution in [3.63, 3.8) is 0 Å². The molecule has 0 radical (unpaired) electrons. The van der Waals surface area contributed by atoms with Gasteiger partial charge in [-0.2, -0.15) is 0 Å². The van der Waals surface area contributed by atoms with Crippen molar-refractivity contribution in [1.29, 1.82) is 0 Å². The van der Waals surface area contributed by atoms with Crippen molar-refractivity contribution in [3.8, 4) is 0 Å². The molecule has 4 fully saturated rings. The van der Waals surface area contributed by atoms with Crippen LogP contribution in [-0.4, -0.2) is 37.0 Å². The number of nitrogens with one attached hydrogen (secondary N) is 2. The molecule has 4 aliphatic carbocycles. The molecule has 30 heavy (non-hydrogen) atoms. The molecule has 160 valence electrons. The number of anilines is 1. The van der Waals surface area contributed by atoms with Crippen molar-refractivity contribution < 1.29 is 18.0 Å². The van der Waals surface area contributed by atoms with Crippen LogP contribution in [-0.2, 0) is 19.4 Å². The number of amides is 2. The van der Waals surface area contributed by atoms with Crippen molar-refractivity contribution in [2.24, 2.45) is 17.3 Å². The number of hydrogen-bond donors (Lipinski definition) is 2. The molecule has 4 aliphatic rings. The Morgan fingerprint density at radius 3 is 2.50 bits per heavy atom. The Kier molecular flexibility index (Phi) is 4.32. The number of fused-ring (bicyclic) bond motifs is 1. The van der Waals surface area contributed by atoms with Gasteiger partial charge in [0, 0.05) is 18.7 Å². The predicted molar refractivity (Wildman–Crippen MR) is 115 cm³/mol. The van der Waals surface area contributed by atoms with Crippen LogP contribution in [0, 0.1) is 17.3 Å². The summed E-state index contributed by atoms with van der Waals surface area (Å²) in [7, 11) is -3.30. The maximum atomic E-state index is 13.4. The molecule has 0 saturated heterocycles. The van der Waals surface area contributed by atoms with E-state index < -0.39 is 15.3 Å². The summed E-state index contributed by atoms with van der Waals surface area (Å²) < 4.78 is 24.4. The summed E-state index contributed by atoms with van der Waals surface area (Å²) in [5, 5.41) is 6.70. The Morgan fingerprint density at radius 2 is 1.87 bits per heavy atom. The highest BCUT2D eigenvalue weighted by Crippen LogP contribution is 2.62. The van der Waals surface area contributed by atoms with E-state index in [1.807, 2.05) is 0 Å². The molecule has 2 amide bonds. The molecule has 4 bridgehead atoms. The lowest BCUT2D eigenvalue weighted by Gasteiger charge is -2.61. The number of aromatic nitrogens is 1. The number of nitrogens with zero attached hydrogens (tertiary/aromatic N) is 1. The lowest BCUT2D eigenvalue weighted by molar-refractivity contribution is -0.148. The first kappa shape index (κ1) is 19.9. The van der Waals surface area contributed by atoms with Crippen LogP contribution in [0.25, 0.3) is 10.2 Å². The van der Waals surface area contributed by atoms with Crippen molar-refractivity contribution in [1.82, 2.24) is 10.3 Å². The Labute approximate surface area is 179 Å². The zero-order chi connectivity index (χ0) is 21.3. The fourth-order valence-electron chi connectivity index (χ4n) is 6.47. The number of thiazole rings is 1. The zero-order valence-electron chi connectivity index (χ0n) is 17.0. The molecule has 7 nitrogen and oxygen atoms in total. The first-order valence-corrected chi connectivity index (χ1v) is 13.0. The first-order valence-electron chi connectivity index (χ1n) is 10.3. The summed E-state index contributed by atoms with van der Waals surface area (Å²) in [5.74, 6) is 0.891. The normalized spacial score (nSPS) is 32.3. The van der Waals surface area contributed by atoms with Gasteiger partial charge in [0.15, 0.2) is 15.0 Å². The van der Waals surface area contributed by atoms with Gasteiger partial charge in [0.25, 0.3) is 0 Å². The van der Waals surface area contributed by atoms with Crippen molar-refractivity contribution in [3.05, 3.63) is 18.2 Å². The van der Waals surface area contributed by atoms with Crippen LogP contribution in [0.3, 0.4) is 0 Å². The molecule has 0 unspecified atom stereocenters. The summed E-state index contributed by atoms with van der Waals surface area (Å²) in [5.41, 5.74) is -0.0593. The zero-order valence-corrected chi connectivity index (χ0v) is 18.7. The van der Waals surface area contributed by atoms with Crippen LogP contribution in [0.5, 0.6) is 0 Å². The molecule has 0 spiro atoms. The van der Waals surface area contributed by atoms with E-state index in [9.17, 15) is 18.0 Å². The number of carbonyl (C=O) groups excluding carboxylic acids is 2. The largest absolute Gasteiger partial charge is 0.351 e. The average molecular weight is 448 g/mol. The third-order valence-corrected chi connectivity index (χ3v) is 9.04. The number of benzene rings is 1. The second-order valence-electron chi connectivity index (χ2n) is 9.58. The Hall–Kier alpha value is -2.00. The first-order chi connectivity index (χ1) is 14.1. The Morgan fingerprint density at radius 1 is 1.17 bits per heavy atom. The average Bonchev–Trinajstić information content (AvgIpc) is 3.00. The van der Waals surface area contributed by atoms with Crippen LogP contribution >= 0.6 is 11.3 Å². The van der Waals surface area contributed by atoms with Gasteiger partial charge in [-0.3, -0.25) is 9.59 Å². The van der Waals surface area contributed by atoms with Gasteiger partial charge in [-0.25, -0.2) is 13.4 Å². The van der Waals surface area contributed by atoms with E-state index >= 15 is 0 Å². The van der Waals surface area contributed by atoms with Gasteiger partial charge in [0.1, 0.15) is 0 Å². The molecule has 2 aromatic rings. The number of hydrogen-bond acceptors (Lipinski definition) is 6. The summed E-state index contributed by atoms with van der Waals surface area (Å²) in [6.07, 6.45) is 6.66. The van der Waals surface area contributed by atoms with E-state index in [0.717, 1.165) is 36.8 Å². The lowest BCUT2D eigenvalue weighted by Crippen LogP contribution is -2.65. The molecule has 2 N–H and O–H groups in total. The quantitative estimate of drug-likeness (QED) is 0.749. The third-order valence-electron chi connectivity index (χ3n) is 6.99. The molecule has 1 aromatic carbocycles. The van der Waals surface area contributed by atoms with Crippen molar-refractivity contribution in [2.75, 3.05) is 11.6 Å². The molecule has 6 rings (SSSR count). The minimum absolute atomic E-state index is 0.0197. The van der Waals surface area contributed by atoms with Crippen LogP contribution in [0.4, 0.5) is 5.13 Å². The smallest absolute Gasteiger partial charge is 0.232 e. The third kappa shape index (κ3) is 3.32. The highest BCUT2D eigenvalue weighted by atomic mass is 32.2. The minimum Gasteiger partial charge on any atom is -0.351 e. The van der Waals surface area contributed by atoms with E-state index in [1.165, 1.54) is 17.6 Å². The van der Waals surface area contributed by atoms with E-state index in [0.29, 0.717) is 28.9 Å². The molecule has 1 aromatic heterocycles. The van der Waals surface area contributed by atoms with Crippen molar-refractivity contribution in [2.45, 2.75) is 55.9 Å². The summed E-state index contributed by atoms with van der Waals surface area (Å²) in [6.45, 7) is 1.55. The van der Waals surface area contributed by atoms with E-state index in [1.54, 1.807) is 25.1 Å². The SMILES string of the molecule is CC(=O)NC12C[C@H]3C[C@H](C1)CC(C(=O)Nc1nc4ccc(S(C)(=O)=O)cc4s1)(C3)C2. The minimum atomic E-state index is -3.30. The van der Waals surface area contributed by atoms with Gasteiger partial charge in [-0.1, -0.05) is 11.3 Å². The second kappa shape index (κ2) is 6.50. The van der Waals surface area contributed by atoms with Crippen LogP contribution in [0.15, 0.2) is 23.1 Å². The van der Waals surface area contributed by atoms with Crippen LogP contribution in [0.2, 0.25) is 0 Å². The standard InChI is InChI=1S/C21H25N3O4S2/c1-12(25)24-21-9-13-5-14(10-21)8-20(7-13,11-21)18(26)23-19-22-16-4-3-15(30(2,27)28)6-17(16)29-19/h3-4,6,13-14H,5,7-11H2,1-2H3,(H,24,25)(H,22,23,26)/t13-,14-,20?,21?/m0/s1. The molecule has 4 saturated carbocycles. The second-order valence-corrected chi connectivity index (χ2v) is 12.6. The Bertz CT molecular complexity index is 1160. The number of carbonyl (C=O) groups is 2. The predicted octanol–water partition coefficient (Wildman–Crippen LogP) is 3.11. The maximum Gasteiger partial charge on any atom is 0.232 e. The highest BCUT2D eigenvalue weighted by Gasteiger charge is 2.60. The topological polar surface area (TPSA) is 105 Å². The summed E-state index contributed by atoms with van der Waals surface area (Å²) in [4.78, 5) is 30.0. The maximum absolute atomic E-state index is 13.4. The fraction of sp³-hybridized carbons (Fsp3) is 0.571. The lowest BCUT2D eigenvalue weighted by atomic mass is 9.46. The van der Waals surface area contributed by atoms with Gasteiger partial charge in [0.2, 0.25) is 11.8 Å². The summed E-state index contributed by atoms with van der Waals surface area (Å²) in [6, 6.07) is 4.82. The monoisotopic (exact) mass is 447 g/mol. The van der Waals surface area contributed by atoms with Gasteiger partial charge < -0.3 is 10.6 Å². The molecule has 2 atom stereocenters. The van der Waals surface area contributed by atoms with E-state index in [4.69, 9.17) is 0 Å². The Balaban J connectivity index is 1.42. The molecule has 0 aliphatic heterocycles. The molecular formula is C21H25N3O4S2. The number of sulfone groups is 1. The highest BCUT2D eigenvalue weighted by molar-refractivity contribution is 7.90. The molecular weight excluding hydrogens is 422 g/mol.